The number of carbonyl (C=O) groups excluding carboxylic acids is 1. The van der Waals surface area contributed by atoms with E-state index in [1.54, 1.807) is 12.2 Å². The van der Waals surface area contributed by atoms with Gasteiger partial charge in [-0.2, -0.15) is 4.98 Å². The van der Waals surface area contributed by atoms with E-state index in [2.05, 4.69) is 10.1 Å². The zero-order chi connectivity index (χ0) is 12.1. The Hall–Kier alpha value is -1.65. The first kappa shape index (κ1) is 11.8. The second-order valence-corrected chi connectivity index (χ2v) is 4.32. The Morgan fingerprint density at radius 3 is 2.94 bits per heavy atom. The lowest BCUT2D eigenvalue weighted by molar-refractivity contribution is -0.127. The Bertz CT molecular complexity index is 378. The van der Waals surface area contributed by atoms with Gasteiger partial charge in [0.05, 0.1) is 0 Å². The molecule has 5 nitrogen and oxygen atoms in total. The predicted molar refractivity (Wildman–Crippen MR) is 62.1 cm³/mol. The molecule has 0 radical (unpaired) electrons. The molecular weight excluding hydrogens is 218 g/mol. The van der Waals surface area contributed by atoms with Crippen molar-refractivity contribution in [1.82, 2.24) is 15.0 Å². The van der Waals surface area contributed by atoms with Gasteiger partial charge >= 0.3 is 0 Å². The number of piperidine rings is 1. The molecule has 0 atom stereocenters. The van der Waals surface area contributed by atoms with Crippen molar-refractivity contribution in [3.05, 3.63) is 24.4 Å². The molecule has 0 aliphatic carbocycles. The summed E-state index contributed by atoms with van der Waals surface area (Å²) in [5.41, 5.74) is 0. The largest absolute Gasteiger partial charge is 0.343 e. The first-order valence-electron chi connectivity index (χ1n) is 5.96. The molecule has 0 aromatic carbocycles. The zero-order valence-electron chi connectivity index (χ0n) is 10.0. The van der Waals surface area contributed by atoms with E-state index in [1.165, 1.54) is 6.39 Å². The molecule has 0 spiro atoms. The second-order valence-electron chi connectivity index (χ2n) is 4.32. The summed E-state index contributed by atoms with van der Waals surface area (Å²) in [5.74, 6) is 1.44. The van der Waals surface area contributed by atoms with Gasteiger partial charge in [0, 0.05) is 19.5 Å². The lowest BCUT2D eigenvalue weighted by Gasteiger charge is -2.30. The summed E-state index contributed by atoms with van der Waals surface area (Å²) < 4.78 is 4.71. The molecule has 1 aliphatic rings. The number of amides is 1. The molecule has 17 heavy (non-hydrogen) atoms. The average Bonchev–Trinajstić information content (AvgIpc) is 2.83. The van der Waals surface area contributed by atoms with E-state index in [4.69, 9.17) is 4.52 Å². The monoisotopic (exact) mass is 235 g/mol. The molecule has 0 saturated carbocycles. The van der Waals surface area contributed by atoms with Gasteiger partial charge in [-0.15, -0.1) is 0 Å². The first-order valence-corrected chi connectivity index (χ1v) is 5.96. The maximum atomic E-state index is 11.6. The van der Waals surface area contributed by atoms with Gasteiger partial charge in [0.2, 0.25) is 12.3 Å². The van der Waals surface area contributed by atoms with Crippen molar-refractivity contribution in [1.29, 1.82) is 0 Å². The molecule has 0 bridgehead atoms. The van der Waals surface area contributed by atoms with Crippen molar-refractivity contribution >= 4 is 5.91 Å². The first-order chi connectivity index (χ1) is 8.29. The van der Waals surface area contributed by atoms with Crippen LogP contribution in [-0.4, -0.2) is 34.0 Å². The Morgan fingerprint density at radius 1 is 1.59 bits per heavy atom. The molecule has 1 aliphatic heterocycles. The van der Waals surface area contributed by atoms with E-state index < -0.39 is 0 Å². The van der Waals surface area contributed by atoms with E-state index in [0.717, 1.165) is 38.2 Å². The number of carbonyl (C=O) groups is 1. The lowest BCUT2D eigenvalue weighted by atomic mass is 9.93. The summed E-state index contributed by atoms with van der Waals surface area (Å²) in [6.45, 7) is 3.51. The maximum Gasteiger partial charge on any atom is 0.246 e. The standard InChI is InChI=1S/C12H17N3O2/c1-2-3-12(16)15-6-4-10(5-7-15)8-11-13-9-17-14-11/h2-3,9-10H,4-8H2,1H3. The minimum absolute atomic E-state index is 0.116. The number of nitrogens with zero attached hydrogens (tertiary/aromatic N) is 3. The zero-order valence-corrected chi connectivity index (χ0v) is 10.0. The third-order valence-corrected chi connectivity index (χ3v) is 3.11. The van der Waals surface area contributed by atoms with Crippen LogP contribution in [0.5, 0.6) is 0 Å². The van der Waals surface area contributed by atoms with Crippen LogP contribution in [0.2, 0.25) is 0 Å². The van der Waals surface area contributed by atoms with Gasteiger partial charge < -0.3 is 9.42 Å². The fourth-order valence-corrected chi connectivity index (χ4v) is 2.15. The summed E-state index contributed by atoms with van der Waals surface area (Å²) in [4.78, 5) is 17.5. The van der Waals surface area contributed by atoms with Gasteiger partial charge in [-0.05, 0) is 31.8 Å². The SMILES string of the molecule is CC=CC(=O)N1CCC(Cc2ncon2)CC1. The molecule has 5 heteroatoms. The number of hydrogen-bond acceptors (Lipinski definition) is 4. The van der Waals surface area contributed by atoms with Gasteiger partial charge in [-0.3, -0.25) is 4.79 Å². The van der Waals surface area contributed by atoms with E-state index in [9.17, 15) is 4.79 Å². The van der Waals surface area contributed by atoms with E-state index in [1.807, 2.05) is 11.8 Å². The van der Waals surface area contributed by atoms with Crippen molar-refractivity contribution in [3.8, 4) is 0 Å². The summed E-state index contributed by atoms with van der Waals surface area (Å²) in [7, 11) is 0. The fourth-order valence-electron chi connectivity index (χ4n) is 2.15. The van der Waals surface area contributed by atoms with Gasteiger partial charge in [0.25, 0.3) is 0 Å². The highest BCUT2D eigenvalue weighted by molar-refractivity contribution is 5.87. The summed E-state index contributed by atoms with van der Waals surface area (Å²) in [5, 5.41) is 3.82. The van der Waals surface area contributed by atoms with E-state index in [0.29, 0.717) is 5.92 Å². The quantitative estimate of drug-likeness (QED) is 0.743. The van der Waals surface area contributed by atoms with E-state index >= 15 is 0 Å². The third kappa shape index (κ3) is 3.15. The number of rotatable bonds is 3. The molecule has 2 rings (SSSR count). The van der Waals surface area contributed by atoms with E-state index in [-0.39, 0.29) is 5.91 Å². The highest BCUT2D eigenvalue weighted by Gasteiger charge is 2.22. The number of aromatic nitrogens is 2. The van der Waals surface area contributed by atoms with Crippen LogP contribution in [0.1, 0.15) is 25.6 Å². The Balaban J connectivity index is 1.80. The van der Waals surface area contributed by atoms with Crippen molar-refractivity contribution in [2.45, 2.75) is 26.2 Å². The minimum atomic E-state index is 0.116. The summed E-state index contributed by atoms with van der Waals surface area (Å²) in [6.07, 6.45) is 7.64. The van der Waals surface area contributed by atoms with Gasteiger partial charge in [0.15, 0.2) is 5.82 Å². The normalized spacial score (nSPS) is 17.8. The molecule has 1 saturated heterocycles. The molecule has 1 aromatic heterocycles. The van der Waals surface area contributed by atoms with Crippen LogP contribution in [0.3, 0.4) is 0 Å². The Morgan fingerprint density at radius 2 is 2.35 bits per heavy atom. The maximum absolute atomic E-state index is 11.6. The molecule has 2 heterocycles. The van der Waals surface area contributed by atoms with Crippen LogP contribution in [0.25, 0.3) is 0 Å². The molecule has 0 N–H and O–H groups in total. The number of hydrogen-bond donors (Lipinski definition) is 0. The van der Waals surface area contributed by atoms with Crippen LogP contribution in [0.15, 0.2) is 23.1 Å². The van der Waals surface area contributed by atoms with Crippen LogP contribution in [0.4, 0.5) is 0 Å². The molecule has 1 aromatic rings. The highest BCUT2D eigenvalue weighted by atomic mass is 16.5. The summed E-state index contributed by atoms with van der Waals surface area (Å²) in [6, 6.07) is 0. The van der Waals surface area contributed by atoms with Crippen molar-refractivity contribution in [2.75, 3.05) is 13.1 Å². The van der Waals surface area contributed by atoms with Gasteiger partial charge in [-0.25, -0.2) is 0 Å². The van der Waals surface area contributed by atoms with Crippen LogP contribution in [-0.2, 0) is 11.2 Å². The highest BCUT2D eigenvalue weighted by Crippen LogP contribution is 2.20. The smallest absolute Gasteiger partial charge is 0.246 e. The Kier molecular flexibility index (Phi) is 3.90. The van der Waals surface area contributed by atoms with Crippen LogP contribution >= 0.6 is 0 Å². The summed E-state index contributed by atoms with van der Waals surface area (Å²) >= 11 is 0. The van der Waals surface area contributed by atoms with Crippen LogP contribution in [0, 0.1) is 5.92 Å². The minimum Gasteiger partial charge on any atom is -0.343 e. The molecule has 1 amide bonds. The molecule has 92 valence electrons. The second kappa shape index (κ2) is 5.61. The third-order valence-electron chi connectivity index (χ3n) is 3.11. The van der Waals surface area contributed by atoms with Crippen molar-refractivity contribution < 1.29 is 9.32 Å². The topological polar surface area (TPSA) is 59.2 Å². The van der Waals surface area contributed by atoms with Crippen molar-refractivity contribution in [2.24, 2.45) is 5.92 Å². The molecule has 0 unspecified atom stereocenters. The predicted octanol–water partition coefficient (Wildman–Crippen LogP) is 1.43. The van der Waals surface area contributed by atoms with Gasteiger partial charge in [-0.1, -0.05) is 11.2 Å². The van der Waals surface area contributed by atoms with Crippen LogP contribution < -0.4 is 0 Å². The molecule has 1 fully saturated rings. The van der Waals surface area contributed by atoms with Crippen molar-refractivity contribution in [3.63, 3.8) is 0 Å². The van der Waals surface area contributed by atoms with Gasteiger partial charge in [0.1, 0.15) is 0 Å². The number of allylic oxidation sites excluding steroid dienone is 1. The fraction of sp³-hybridized carbons (Fsp3) is 0.583. The Labute approximate surface area is 100 Å². The lowest BCUT2D eigenvalue weighted by Crippen LogP contribution is -2.38. The number of likely N-dealkylation sites (tertiary alicyclic amines) is 1. The molecular formula is C12H17N3O2. The average molecular weight is 235 g/mol.